The highest BCUT2D eigenvalue weighted by Crippen LogP contribution is 2.44. The second-order valence-corrected chi connectivity index (χ2v) is 5.30. The molecular formula is C15H16N2O4. The number of azo groups is 1. The smallest absolute Gasteiger partial charge is 0.334 e. The van der Waals surface area contributed by atoms with Gasteiger partial charge in [0.1, 0.15) is 5.41 Å². The Kier molecular flexibility index (Phi) is 3.63. The summed E-state index contributed by atoms with van der Waals surface area (Å²) < 4.78 is 0. The van der Waals surface area contributed by atoms with Crippen molar-refractivity contribution < 1.29 is 19.8 Å². The maximum Gasteiger partial charge on any atom is 0.334 e. The lowest BCUT2D eigenvalue weighted by Crippen LogP contribution is -2.56. The van der Waals surface area contributed by atoms with Crippen LogP contribution in [0, 0.1) is 5.41 Å². The topological polar surface area (TPSA) is 99.3 Å². The van der Waals surface area contributed by atoms with Gasteiger partial charge in [0, 0.05) is 0 Å². The Bertz CT molecular complexity index is 638. The number of rotatable bonds is 4. The van der Waals surface area contributed by atoms with Gasteiger partial charge < -0.3 is 10.2 Å². The number of hydrogen-bond acceptors (Lipinski definition) is 4. The van der Waals surface area contributed by atoms with Crippen LogP contribution in [-0.4, -0.2) is 27.7 Å². The van der Waals surface area contributed by atoms with E-state index in [0.29, 0.717) is 5.70 Å². The van der Waals surface area contributed by atoms with Crippen molar-refractivity contribution in [2.75, 3.05) is 0 Å². The first-order valence-electron chi connectivity index (χ1n) is 6.45. The molecule has 110 valence electrons. The molecule has 0 amide bonds. The van der Waals surface area contributed by atoms with Crippen LogP contribution in [0.15, 0.2) is 52.3 Å². The molecule has 0 bridgehead atoms. The van der Waals surface area contributed by atoms with Gasteiger partial charge in [-0.15, -0.1) is 0 Å². The molecular weight excluding hydrogens is 272 g/mol. The second-order valence-electron chi connectivity index (χ2n) is 5.30. The Balaban J connectivity index is 2.60. The second kappa shape index (κ2) is 5.12. The van der Waals surface area contributed by atoms with E-state index in [1.165, 1.54) is 13.0 Å². The summed E-state index contributed by atoms with van der Waals surface area (Å²) in [6.07, 6.45) is 1.42. The fourth-order valence-corrected chi connectivity index (χ4v) is 2.51. The molecule has 0 saturated carbocycles. The molecule has 1 aliphatic rings. The van der Waals surface area contributed by atoms with Gasteiger partial charge in [-0.2, -0.15) is 10.2 Å². The van der Waals surface area contributed by atoms with E-state index in [2.05, 4.69) is 10.2 Å². The number of carboxylic acid groups (broad SMARTS) is 2. The van der Waals surface area contributed by atoms with Gasteiger partial charge in [0.2, 0.25) is 0 Å². The highest BCUT2D eigenvalue weighted by atomic mass is 16.4. The number of carbonyl (C=O) groups is 2. The molecule has 6 nitrogen and oxygen atoms in total. The Morgan fingerprint density at radius 1 is 1.14 bits per heavy atom. The van der Waals surface area contributed by atoms with Crippen molar-refractivity contribution in [3.05, 3.63) is 47.7 Å². The molecule has 0 aromatic heterocycles. The molecule has 1 heterocycles. The normalized spacial score (nSPS) is 28.0. The average molecular weight is 288 g/mol. The highest BCUT2D eigenvalue weighted by molar-refractivity contribution is 5.92. The van der Waals surface area contributed by atoms with Crippen LogP contribution >= 0.6 is 0 Å². The van der Waals surface area contributed by atoms with E-state index in [0.717, 1.165) is 5.56 Å². The Labute approximate surface area is 121 Å². The SMILES string of the molecule is CC1=CC(Cc2ccccc2)(C(=O)O)C(C)(C(=O)O)N=N1. The third-order valence-corrected chi connectivity index (χ3v) is 3.86. The minimum atomic E-state index is -1.85. The first-order valence-corrected chi connectivity index (χ1v) is 6.45. The molecule has 0 radical (unpaired) electrons. The quantitative estimate of drug-likeness (QED) is 0.889. The van der Waals surface area contributed by atoms with Crippen LogP contribution in [-0.2, 0) is 16.0 Å². The van der Waals surface area contributed by atoms with Gasteiger partial charge in [-0.05, 0) is 31.9 Å². The molecule has 0 aliphatic carbocycles. The van der Waals surface area contributed by atoms with Gasteiger partial charge in [-0.1, -0.05) is 30.3 Å². The summed E-state index contributed by atoms with van der Waals surface area (Å²) in [6, 6.07) is 8.91. The number of aliphatic carboxylic acids is 2. The van der Waals surface area contributed by atoms with Crippen molar-refractivity contribution in [1.82, 2.24) is 0 Å². The number of allylic oxidation sites excluding steroid dienone is 1. The summed E-state index contributed by atoms with van der Waals surface area (Å²) in [4.78, 5) is 23.6. The van der Waals surface area contributed by atoms with Gasteiger partial charge in [-0.25, -0.2) is 4.79 Å². The Morgan fingerprint density at radius 2 is 1.76 bits per heavy atom. The van der Waals surface area contributed by atoms with Crippen LogP contribution < -0.4 is 0 Å². The Morgan fingerprint density at radius 3 is 2.29 bits per heavy atom. The van der Waals surface area contributed by atoms with Crippen molar-refractivity contribution in [1.29, 1.82) is 0 Å². The fraction of sp³-hybridized carbons (Fsp3) is 0.333. The molecule has 2 unspecified atom stereocenters. The van der Waals surface area contributed by atoms with E-state index < -0.39 is 22.9 Å². The van der Waals surface area contributed by atoms with Crippen molar-refractivity contribution in [2.24, 2.45) is 15.6 Å². The molecule has 0 fully saturated rings. The monoisotopic (exact) mass is 288 g/mol. The molecule has 2 rings (SSSR count). The van der Waals surface area contributed by atoms with E-state index in [1.807, 2.05) is 6.07 Å². The van der Waals surface area contributed by atoms with Crippen molar-refractivity contribution in [3.8, 4) is 0 Å². The Hall–Kier alpha value is -2.50. The lowest BCUT2D eigenvalue weighted by Gasteiger charge is -2.39. The fourth-order valence-electron chi connectivity index (χ4n) is 2.51. The maximum atomic E-state index is 11.9. The van der Waals surface area contributed by atoms with Gasteiger partial charge >= 0.3 is 11.9 Å². The van der Waals surface area contributed by atoms with E-state index >= 15 is 0 Å². The van der Waals surface area contributed by atoms with Crippen LogP contribution in [0.25, 0.3) is 0 Å². The summed E-state index contributed by atoms with van der Waals surface area (Å²) in [5.41, 5.74) is -2.40. The summed E-state index contributed by atoms with van der Waals surface area (Å²) in [7, 11) is 0. The van der Waals surface area contributed by atoms with E-state index in [1.54, 1.807) is 31.2 Å². The molecule has 21 heavy (non-hydrogen) atoms. The standard InChI is InChI=1S/C15H16N2O4/c1-10-8-15(13(20)21,9-11-6-4-3-5-7-11)14(2,12(18)19)17-16-10/h3-8H,9H2,1-2H3,(H,18,19)(H,20,21). The summed E-state index contributed by atoms with van der Waals surface area (Å²) >= 11 is 0. The van der Waals surface area contributed by atoms with Gasteiger partial charge in [0.05, 0.1) is 5.70 Å². The van der Waals surface area contributed by atoms with Crippen LogP contribution in [0.5, 0.6) is 0 Å². The largest absolute Gasteiger partial charge is 0.481 e. The number of hydrogen-bond donors (Lipinski definition) is 2. The minimum Gasteiger partial charge on any atom is -0.481 e. The lowest BCUT2D eigenvalue weighted by atomic mass is 9.66. The molecule has 2 N–H and O–H groups in total. The molecule has 0 saturated heterocycles. The first-order chi connectivity index (χ1) is 9.82. The van der Waals surface area contributed by atoms with Crippen molar-refractivity contribution in [2.45, 2.75) is 25.8 Å². The summed E-state index contributed by atoms with van der Waals surface area (Å²) in [5, 5.41) is 26.8. The third kappa shape index (κ3) is 2.33. The zero-order valence-corrected chi connectivity index (χ0v) is 11.8. The lowest BCUT2D eigenvalue weighted by molar-refractivity contribution is -0.160. The molecule has 2 atom stereocenters. The van der Waals surface area contributed by atoms with E-state index in [-0.39, 0.29) is 6.42 Å². The van der Waals surface area contributed by atoms with Gasteiger partial charge in [0.25, 0.3) is 0 Å². The number of nitrogens with zero attached hydrogens (tertiary/aromatic N) is 2. The van der Waals surface area contributed by atoms with E-state index in [9.17, 15) is 19.8 Å². The maximum absolute atomic E-state index is 11.9. The van der Waals surface area contributed by atoms with Crippen LogP contribution in [0.1, 0.15) is 19.4 Å². The van der Waals surface area contributed by atoms with Gasteiger partial charge in [0.15, 0.2) is 5.54 Å². The van der Waals surface area contributed by atoms with Gasteiger partial charge in [-0.3, -0.25) is 4.79 Å². The number of benzene rings is 1. The predicted molar refractivity (Wildman–Crippen MR) is 74.9 cm³/mol. The molecule has 6 heteroatoms. The average Bonchev–Trinajstić information content (AvgIpc) is 2.43. The van der Waals surface area contributed by atoms with Crippen LogP contribution in [0.4, 0.5) is 0 Å². The first kappa shape index (κ1) is 14.9. The molecule has 1 aromatic rings. The zero-order valence-electron chi connectivity index (χ0n) is 11.8. The van der Waals surface area contributed by atoms with Crippen molar-refractivity contribution in [3.63, 3.8) is 0 Å². The van der Waals surface area contributed by atoms with Crippen LogP contribution in [0.3, 0.4) is 0 Å². The zero-order chi connectivity index (χ0) is 15.7. The van der Waals surface area contributed by atoms with Crippen molar-refractivity contribution >= 4 is 11.9 Å². The summed E-state index contributed by atoms with van der Waals surface area (Å²) in [6.45, 7) is 2.90. The third-order valence-electron chi connectivity index (χ3n) is 3.86. The minimum absolute atomic E-state index is 0.0301. The number of carboxylic acids is 2. The summed E-state index contributed by atoms with van der Waals surface area (Å²) in [5.74, 6) is -2.54. The molecule has 1 aliphatic heterocycles. The highest BCUT2D eigenvalue weighted by Gasteiger charge is 2.60. The molecule has 0 spiro atoms. The van der Waals surface area contributed by atoms with E-state index in [4.69, 9.17) is 0 Å². The predicted octanol–water partition coefficient (Wildman–Crippen LogP) is 2.51. The molecule has 1 aromatic carbocycles. The van der Waals surface area contributed by atoms with Crippen LogP contribution in [0.2, 0.25) is 0 Å².